The highest BCUT2D eigenvalue weighted by molar-refractivity contribution is 5.53. The molecule has 1 aromatic rings. The Morgan fingerprint density at radius 3 is 1.95 bits per heavy atom. The molecule has 1 aromatic carbocycles. The summed E-state index contributed by atoms with van der Waals surface area (Å²) < 4.78 is 52.4. The number of ether oxygens (including phenoxy) is 3. The molecule has 0 spiro atoms. The largest absolute Gasteiger partial charge is 0.493 e. The van der Waals surface area contributed by atoms with Crippen LogP contribution < -0.4 is 19.5 Å². The molecule has 1 unspecified atom stereocenters. The van der Waals surface area contributed by atoms with Gasteiger partial charge in [0.15, 0.2) is 11.5 Å². The first-order chi connectivity index (χ1) is 9.80. The van der Waals surface area contributed by atoms with E-state index in [0.29, 0.717) is 17.2 Å². The van der Waals surface area contributed by atoms with Crippen molar-refractivity contribution < 1.29 is 27.4 Å². The van der Waals surface area contributed by atoms with Gasteiger partial charge in [-0.2, -0.15) is 13.2 Å². The van der Waals surface area contributed by atoms with Crippen LogP contribution in [0.25, 0.3) is 0 Å². The molecule has 0 aromatic heterocycles. The zero-order valence-electron chi connectivity index (χ0n) is 12.5. The molecule has 0 aliphatic carbocycles. The van der Waals surface area contributed by atoms with E-state index in [2.05, 4.69) is 5.32 Å². The van der Waals surface area contributed by atoms with Crippen molar-refractivity contribution in [1.29, 1.82) is 0 Å². The van der Waals surface area contributed by atoms with E-state index in [0.717, 1.165) is 5.56 Å². The van der Waals surface area contributed by atoms with Gasteiger partial charge in [-0.25, -0.2) is 0 Å². The van der Waals surface area contributed by atoms with E-state index in [1.165, 1.54) is 28.3 Å². The Morgan fingerprint density at radius 2 is 1.57 bits per heavy atom. The monoisotopic (exact) mass is 307 g/mol. The number of rotatable bonds is 7. The molecule has 7 heteroatoms. The Morgan fingerprint density at radius 1 is 1.05 bits per heavy atom. The minimum absolute atomic E-state index is 0.272. The Bertz CT molecular complexity index is 438. The number of hydrogen-bond donors (Lipinski definition) is 1. The predicted octanol–water partition coefficient (Wildman–Crippen LogP) is 3.14. The summed E-state index contributed by atoms with van der Waals surface area (Å²) in [6.07, 6.45) is -5.06. The second-order valence-corrected chi connectivity index (χ2v) is 4.63. The molecule has 120 valence electrons. The highest BCUT2D eigenvalue weighted by Crippen LogP contribution is 2.38. The van der Waals surface area contributed by atoms with Gasteiger partial charge in [-0.3, -0.25) is 0 Å². The van der Waals surface area contributed by atoms with Crippen molar-refractivity contribution >= 4 is 0 Å². The Labute approximate surface area is 122 Å². The van der Waals surface area contributed by atoms with E-state index in [4.69, 9.17) is 14.2 Å². The highest BCUT2D eigenvalue weighted by atomic mass is 19.4. The summed E-state index contributed by atoms with van der Waals surface area (Å²) in [5, 5.41) is 2.82. The van der Waals surface area contributed by atoms with Gasteiger partial charge in [-0.1, -0.05) is 0 Å². The molecule has 4 nitrogen and oxygen atoms in total. The van der Waals surface area contributed by atoms with E-state index in [-0.39, 0.29) is 6.54 Å². The van der Waals surface area contributed by atoms with Crippen LogP contribution in [-0.2, 0) is 6.54 Å². The number of benzene rings is 1. The topological polar surface area (TPSA) is 39.7 Å². The number of methoxy groups -OCH3 is 3. The lowest BCUT2D eigenvalue weighted by molar-refractivity contribution is -0.139. The SMILES string of the molecule is COc1cc(CNC(C)CC(F)(F)F)cc(OC)c1OC. The second-order valence-electron chi connectivity index (χ2n) is 4.63. The first kappa shape index (κ1) is 17.4. The summed E-state index contributed by atoms with van der Waals surface area (Å²) in [6, 6.07) is 2.73. The van der Waals surface area contributed by atoms with Crippen LogP contribution in [0.15, 0.2) is 12.1 Å². The number of alkyl halides is 3. The number of halogens is 3. The summed E-state index contributed by atoms with van der Waals surface area (Å²) in [7, 11) is 4.46. The molecule has 0 saturated carbocycles. The van der Waals surface area contributed by atoms with Gasteiger partial charge < -0.3 is 19.5 Å². The van der Waals surface area contributed by atoms with Gasteiger partial charge >= 0.3 is 6.18 Å². The van der Waals surface area contributed by atoms with Crippen molar-refractivity contribution in [3.05, 3.63) is 17.7 Å². The lowest BCUT2D eigenvalue weighted by atomic mass is 10.1. The van der Waals surface area contributed by atoms with Gasteiger partial charge in [-0.05, 0) is 24.6 Å². The van der Waals surface area contributed by atoms with E-state index in [9.17, 15) is 13.2 Å². The third kappa shape index (κ3) is 5.34. The van der Waals surface area contributed by atoms with Crippen molar-refractivity contribution in [3.63, 3.8) is 0 Å². The first-order valence-electron chi connectivity index (χ1n) is 6.39. The average Bonchev–Trinajstić information content (AvgIpc) is 2.41. The van der Waals surface area contributed by atoms with Crippen molar-refractivity contribution in [3.8, 4) is 17.2 Å². The lowest BCUT2D eigenvalue weighted by Crippen LogP contribution is -2.30. The maximum Gasteiger partial charge on any atom is 0.390 e. The average molecular weight is 307 g/mol. The Balaban J connectivity index is 2.80. The molecule has 1 rings (SSSR count). The summed E-state index contributed by atoms with van der Waals surface area (Å²) in [6.45, 7) is 1.76. The first-order valence-corrected chi connectivity index (χ1v) is 6.39. The van der Waals surface area contributed by atoms with E-state index in [1.807, 2.05) is 0 Å². The molecule has 1 atom stereocenters. The molecule has 0 aliphatic heterocycles. The zero-order chi connectivity index (χ0) is 16.0. The normalized spacial score (nSPS) is 12.9. The highest BCUT2D eigenvalue weighted by Gasteiger charge is 2.29. The Kier molecular flexibility index (Phi) is 6.14. The van der Waals surface area contributed by atoms with Gasteiger partial charge in [0.25, 0.3) is 0 Å². The predicted molar refractivity (Wildman–Crippen MR) is 73.1 cm³/mol. The molecular formula is C14H20F3NO3. The smallest absolute Gasteiger partial charge is 0.390 e. The van der Waals surface area contributed by atoms with Crippen LogP contribution >= 0.6 is 0 Å². The maximum absolute atomic E-state index is 12.3. The molecule has 0 bridgehead atoms. The fourth-order valence-corrected chi connectivity index (χ4v) is 1.95. The van der Waals surface area contributed by atoms with Crippen LogP contribution in [0.1, 0.15) is 18.9 Å². The molecule has 0 saturated heterocycles. The van der Waals surface area contributed by atoms with Crippen LogP contribution in [0.3, 0.4) is 0 Å². The van der Waals surface area contributed by atoms with E-state index < -0.39 is 18.6 Å². The van der Waals surface area contributed by atoms with Gasteiger partial charge in [0.1, 0.15) is 0 Å². The van der Waals surface area contributed by atoms with Gasteiger partial charge in [0.2, 0.25) is 5.75 Å². The third-order valence-electron chi connectivity index (χ3n) is 2.92. The van der Waals surface area contributed by atoms with Crippen LogP contribution in [-0.4, -0.2) is 33.5 Å². The quantitative estimate of drug-likeness (QED) is 0.840. The van der Waals surface area contributed by atoms with Crippen molar-refractivity contribution in [1.82, 2.24) is 5.32 Å². The van der Waals surface area contributed by atoms with Gasteiger partial charge in [0, 0.05) is 12.6 Å². The fourth-order valence-electron chi connectivity index (χ4n) is 1.95. The van der Waals surface area contributed by atoms with E-state index in [1.54, 1.807) is 12.1 Å². The summed E-state index contributed by atoms with van der Waals surface area (Å²) in [5.41, 5.74) is 0.749. The molecule has 0 aliphatic rings. The van der Waals surface area contributed by atoms with Crippen LogP contribution in [0.2, 0.25) is 0 Å². The van der Waals surface area contributed by atoms with Gasteiger partial charge in [0.05, 0.1) is 27.8 Å². The van der Waals surface area contributed by atoms with Crippen LogP contribution in [0, 0.1) is 0 Å². The molecule has 0 amide bonds. The molecule has 0 radical (unpaired) electrons. The fraction of sp³-hybridized carbons (Fsp3) is 0.571. The molecule has 0 heterocycles. The van der Waals surface area contributed by atoms with Crippen molar-refractivity contribution in [2.75, 3.05) is 21.3 Å². The summed E-state index contributed by atoms with van der Waals surface area (Å²) in [4.78, 5) is 0. The molecule has 1 N–H and O–H groups in total. The van der Waals surface area contributed by atoms with Crippen molar-refractivity contribution in [2.45, 2.75) is 32.1 Å². The summed E-state index contributed by atoms with van der Waals surface area (Å²) >= 11 is 0. The lowest BCUT2D eigenvalue weighted by Gasteiger charge is -2.17. The minimum atomic E-state index is -4.18. The zero-order valence-corrected chi connectivity index (χ0v) is 12.5. The maximum atomic E-state index is 12.3. The summed E-state index contributed by atoms with van der Waals surface area (Å²) in [5.74, 6) is 1.39. The molecule has 21 heavy (non-hydrogen) atoms. The van der Waals surface area contributed by atoms with E-state index >= 15 is 0 Å². The number of nitrogens with one attached hydrogen (secondary N) is 1. The number of hydrogen-bond acceptors (Lipinski definition) is 4. The van der Waals surface area contributed by atoms with Gasteiger partial charge in [-0.15, -0.1) is 0 Å². The van der Waals surface area contributed by atoms with Crippen LogP contribution in [0.5, 0.6) is 17.2 Å². The minimum Gasteiger partial charge on any atom is -0.493 e. The van der Waals surface area contributed by atoms with Crippen molar-refractivity contribution in [2.24, 2.45) is 0 Å². The van der Waals surface area contributed by atoms with Crippen LogP contribution in [0.4, 0.5) is 13.2 Å². The standard InChI is InChI=1S/C14H20F3NO3/c1-9(7-14(15,16)17)18-8-10-5-11(19-2)13(21-4)12(6-10)20-3/h5-6,9,18H,7-8H2,1-4H3. The molecule has 0 fully saturated rings. The Hall–Kier alpha value is -1.63. The molecular weight excluding hydrogens is 287 g/mol. The second kappa shape index (κ2) is 7.40. The third-order valence-corrected chi connectivity index (χ3v) is 2.92.